The Morgan fingerprint density at radius 2 is 1.39 bits per heavy atom. The van der Waals surface area contributed by atoms with Crippen LogP contribution in [0.5, 0.6) is 0 Å². The van der Waals surface area contributed by atoms with Crippen LogP contribution in [0.2, 0.25) is 0 Å². The molecule has 0 aliphatic heterocycles. The molecule has 18 heavy (non-hydrogen) atoms. The van der Waals surface area contributed by atoms with Crippen molar-refractivity contribution in [2.24, 2.45) is 0 Å². The highest BCUT2D eigenvalue weighted by molar-refractivity contribution is 7.80. The third-order valence-corrected chi connectivity index (χ3v) is 3.46. The van der Waals surface area contributed by atoms with Gasteiger partial charge < -0.3 is 0 Å². The molecular formula is C16H12OS. The van der Waals surface area contributed by atoms with E-state index in [0.717, 1.165) is 32.0 Å². The van der Waals surface area contributed by atoms with E-state index in [-0.39, 0.29) is 5.43 Å². The van der Waals surface area contributed by atoms with Crippen molar-refractivity contribution in [1.29, 1.82) is 0 Å². The molecule has 0 radical (unpaired) electrons. The Hall–Kier alpha value is -1.80. The minimum Gasteiger partial charge on any atom is -0.289 e. The van der Waals surface area contributed by atoms with Crippen molar-refractivity contribution in [2.45, 2.75) is 11.8 Å². The molecule has 0 N–H and O–H groups in total. The van der Waals surface area contributed by atoms with E-state index in [2.05, 4.69) is 12.6 Å². The highest BCUT2D eigenvalue weighted by Gasteiger charge is 2.03. The molecule has 3 aromatic rings. The van der Waals surface area contributed by atoms with E-state index in [9.17, 15) is 4.79 Å². The molecule has 0 heterocycles. The summed E-state index contributed by atoms with van der Waals surface area (Å²) in [5.41, 5.74) is 1.17. The largest absolute Gasteiger partial charge is 0.289 e. The number of thiol groups is 1. The van der Waals surface area contributed by atoms with Gasteiger partial charge in [-0.15, -0.1) is 12.6 Å². The van der Waals surface area contributed by atoms with Crippen LogP contribution in [0.15, 0.2) is 58.2 Å². The lowest BCUT2D eigenvalue weighted by atomic mass is 10.1. The summed E-state index contributed by atoms with van der Waals surface area (Å²) in [6, 6.07) is 15.6. The SMILES string of the molecule is Cc1ccc2ccc3ccc(S)cc3c(=O)c2c1. The number of aryl methyl sites for hydroxylation is 1. The topological polar surface area (TPSA) is 17.1 Å². The van der Waals surface area contributed by atoms with E-state index in [1.165, 1.54) is 0 Å². The van der Waals surface area contributed by atoms with Crippen molar-refractivity contribution in [2.75, 3.05) is 0 Å². The third-order valence-electron chi connectivity index (χ3n) is 3.18. The van der Waals surface area contributed by atoms with Gasteiger partial charge in [-0.2, -0.15) is 0 Å². The number of benzene rings is 2. The smallest absolute Gasteiger partial charge is 0.194 e. The predicted octanol–water partition coefficient (Wildman–Crippen LogP) is 3.95. The second-order valence-electron chi connectivity index (χ2n) is 4.52. The zero-order chi connectivity index (χ0) is 12.7. The zero-order valence-electron chi connectivity index (χ0n) is 9.97. The van der Waals surface area contributed by atoms with Crippen molar-refractivity contribution in [1.82, 2.24) is 0 Å². The van der Waals surface area contributed by atoms with E-state index < -0.39 is 0 Å². The van der Waals surface area contributed by atoms with Crippen molar-refractivity contribution < 1.29 is 0 Å². The molecule has 0 aromatic heterocycles. The van der Waals surface area contributed by atoms with Gasteiger partial charge in [-0.3, -0.25) is 4.79 Å². The highest BCUT2D eigenvalue weighted by Crippen LogP contribution is 2.19. The lowest BCUT2D eigenvalue weighted by molar-refractivity contribution is 1.50. The highest BCUT2D eigenvalue weighted by atomic mass is 32.1. The molecule has 3 aromatic carbocycles. The van der Waals surface area contributed by atoms with Crippen molar-refractivity contribution in [3.63, 3.8) is 0 Å². The van der Waals surface area contributed by atoms with E-state index in [1.807, 2.05) is 55.5 Å². The molecule has 0 fully saturated rings. The number of rotatable bonds is 0. The summed E-state index contributed by atoms with van der Waals surface area (Å²) in [6.45, 7) is 2.00. The molecule has 0 spiro atoms. The Morgan fingerprint density at radius 1 is 0.833 bits per heavy atom. The first-order valence-corrected chi connectivity index (χ1v) is 6.26. The molecular weight excluding hydrogens is 240 g/mol. The van der Waals surface area contributed by atoms with Crippen LogP contribution < -0.4 is 5.43 Å². The Bertz CT molecular complexity index is 754. The van der Waals surface area contributed by atoms with E-state index in [4.69, 9.17) is 0 Å². The fourth-order valence-corrected chi connectivity index (χ4v) is 2.43. The average Bonchev–Trinajstić information content (AvgIpc) is 2.49. The van der Waals surface area contributed by atoms with E-state index >= 15 is 0 Å². The summed E-state index contributed by atoms with van der Waals surface area (Å²) in [7, 11) is 0. The fourth-order valence-electron chi connectivity index (χ4n) is 2.22. The van der Waals surface area contributed by atoms with Gasteiger partial charge >= 0.3 is 0 Å². The average molecular weight is 252 g/mol. The van der Waals surface area contributed by atoms with Gasteiger partial charge in [-0.25, -0.2) is 0 Å². The predicted molar refractivity (Wildman–Crippen MR) is 79.7 cm³/mol. The molecule has 0 amide bonds. The van der Waals surface area contributed by atoms with Gasteiger partial charge in [0.15, 0.2) is 5.43 Å². The van der Waals surface area contributed by atoms with Crippen molar-refractivity contribution in [3.05, 3.63) is 64.3 Å². The lowest BCUT2D eigenvalue weighted by Crippen LogP contribution is -1.98. The molecule has 0 unspecified atom stereocenters. The summed E-state index contributed by atoms with van der Waals surface area (Å²) in [4.78, 5) is 13.4. The van der Waals surface area contributed by atoms with Gasteiger partial charge in [-0.05, 0) is 35.9 Å². The molecule has 88 valence electrons. The first-order valence-electron chi connectivity index (χ1n) is 5.81. The van der Waals surface area contributed by atoms with E-state index in [1.54, 1.807) is 0 Å². The molecule has 0 saturated carbocycles. The van der Waals surface area contributed by atoms with Crippen LogP contribution in [0.25, 0.3) is 21.5 Å². The van der Waals surface area contributed by atoms with Crippen LogP contribution in [0, 0.1) is 6.92 Å². The minimum absolute atomic E-state index is 0.0737. The summed E-state index contributed by atoms with van der Waals surface area (Å²) in [5, 5.41) is 3.42. The molecule has 1 nitrogen and oxygen atoms in total. The molecule has 0 saturated heterocycles. The first kappa shape index (κ1) is 11.3. The summed E-state index contributed by atoms with van der Waals surface area (Å²) >= 11 is 4.31. The second kappa shape index (κ2) is 4.14. The van der Waals surface area contributed by atoms with Gasteiger partial charge in [0, 0.05) is 15.7 Å². The lowest BCUT2D eigenvalue weighted by Gasteiger charge is -1.95. The normalized spacial score (nSPS) is 11.0. The van der Waals surface area contributed by atoms with Crippen LogP contribution in [-0.4, -0.2) is 0 Å². The van der Waals surface area contributed by atoms with Crippen LogP contribution in [0.3, 0.4) is 0 Å². The zero-order valence-corrected chi connectivity index (χ0v) is 10.9. The number of hydrogen-bond donors (Lipinski definition) is 1. The Labute approximate surface area is 110 Å². The van der Waals surface area contributed by atoms with Gasteiger partial charge in [0.1, 0.15) is 0 Å². The molecule has 0 bridgehead atoms. The van der Waals surface area contributed by atoms with Crippen LogP contribution >= 0.6 is 12.6 Å². The summed E-state index contributed by atoms with van der Waals surface area (Å²) in [6.07, 6.45) is 0. The quantitative estimate of drug-likeness (QED) is 0.599. The maximum absolute atomic E-state index is 12.6. The minimum atomic E-state index is 0.0737. The molecule has 2 heteroatoms. The van der Waals surface area contributed by atoms with Crippen molar-refractivity contribution in [3.8, 4) is 0 Å². The molecule has 0 aliphatic carbocycles. The monoisotopic (exact) mass is 252 g/mol. The summed E-state index contributed by atoms with van der Waals surface area (Å²) in [5.74, 6) is 0. The van der Waals surface area contributed by atoms with Gasteiger partial charge in [0.25, 0.3) is 0 Å². The Balaban J connectivity index is 2.62. The fraction of sp³-hybridized carbons (Fsp3) is 0.0625. The van der Waals surface area contributed by atoms with Crippen LogP contribution in [0.1, 0.15) is 5.56 Å². The van der Waals surface area contributed by atoms with Crippen molar-refractivity contribution >= 4 is 34.2 Å². The second-order valence-corrected chi connectivity index (χ2v) is 5.04. The standard InChI is InChI=1S/C16H12OS/c1-10-2-3-11-4-5-12-6-7-13(18)9-15(12)16(17)14(11)8-10/h2-9,18H,1H3. The number of hydrogen-bond acceptors (Lipinski definition) is 2. The third kappa shape index (κ3) is 1.79. The van der Waals surface area contributed by atoms with Crippen LogP contribution in [-0.2, 0) is 0 Å². The summed E-state index contributed by atoms with van der Waals surface area (Å²) < 4.78 is 0. The van der Waals surface area contributed by atoms with Gasteiger partial charge in [-0.1, -0.05) is 35.9 Å². The van der Waals surface area contributed by atoms with Gasteiger partial charge in [0.05, 0.1) is 0 Å². The Morgan fingerprint density at radius 3 is 2.11 bits per heavy atom. The Kier molecular flexibility index (Phi) is 2.60. The number of fused-ring (bicyclic) bond motifs is 2. The maximum Gasteiger partial charge on any atom is 0.194 e. The van der Waals surface area contributed by atoms with E-state index in [0.29, 0.717) is 0 Å². The maximum atomic E-state index is 12.6. The molecule has 3 rings (SSSR count). The van der Waals surface area contributed by atoms with Gasteiger partial charge in [0.2, 0.25) is 0 Å². The molecule has 0 aliphatic rings. The first-order chi connectivity index (χ1) is 8.65. The molecule has 0 atom stereocenters. The van der Waals surface area contributed by atoms with Crippen LogP contribution in [0.4, 0.5) is 0 Å².